The van der Waals surface area contributed by atoms with Crippen molar-refractivity contribution in [2.24, 2.45) is 0 Å². The number of amides is 1. The lowest BCUT2D eigenvalue weighted by molar-refractivity contribution is 0.0686. The maximum Gasteiger partial charge on any atom is 0.354 e. The molecular formula is C11H8ClN3O3. The quantitative estimate of drug-likeness (QED) is 0.791. The van der Waals surface area contributed by atoms with Gasteiger partial charge in [0.1, 0.15) is 0 Å². The SMILES string of the molecule is O=C(Nc1cccc(Cl)c1)c1nc[nH]c1C(=O)O. The van der Waals surface area contributed by atoms with E-state index in [1.165, 1.54) is 0 Å². The van der Waals surface area contributed by atoms with E-state index in [1.54, 1.807) is 24.3 Å². The van der Waals surface area contributed by atoms with Crippen LogP contribution in [0.2, 0.25) is 5.02 Å². The normalized spacial score (nSPS) is 10.1. The highest BCUT2D eigenvalue weighted by Crippen LogP contribution is 2.16. The first-order chi connectivity index (χ1) is 8.58. The van der Waals surface area contributed by atoms with Crippen molar-refractivity contribution in [2.45, 2.75) is 0 Å². The van der Waals surface area contributed by atoms with Crippen LogP contribution < -0.4 is 5.32 Å². The fourth-order valence-corrected chi connectivity index (χ4v) is 1.58. The first-order valence-corrected chi connectivity index (χ1v) is 5.29. The van der Waals surface area contributed by atoms with Gasteiger partial charge in [-0.15, -0.1) is 0 Å². The van der Waals surface area contributed by atoms with Crippen molar-refractivity contribution in [3.05, 3.63) is 47.0 Å². The summed E-state index contributed by atoms with van der Waals surface area (Å²) in [6.07, 6.45) is 1.15. The van der Waals surface area contributed by atoms with Gasteiger partial charge in [0.05, 0.1) is 6.33 Å². The second kappa shape index (κ2) is 4.89. The van der Waals surface area contributed by atoms with Gasteiger partial charge < -0.3 is 15.4 Å². The monoisotopic (exact) mass is 265 g/mol. The third-order valence-corrected chi connectivity index (χ3v) is 2.39. The summed E-state index contributed by atoms with van der Waals surface area (Å²) in [6, 6.07) is 6.51. The molecule has 1 aromatic carbocycles. The van der Waals surface area contributed by atoms with Crippen LogP contribution in [0.1, 0.15) is 21.0 Å². The Morgan fingerprint density at radius 3 is 2.83 bits per heavy atom. The van der Waals surface area contributed by atoms with Crippen LogP contribution in [0, 0.1) is 0 Å². The Kier molecular flexibility index (Phi) is 3.29. The average Bonchev–Trinajstić information content (AvgIpc) is 2.77. The molecule has 18 heavy (non-hydrogen) atoms. The van der Waals surface area contributed by atoms with E-state index in [4.69, 9.17) is 16.7 Å². The molecule has 0 spiro atoms. The number of aromatic amines is 1. The highest BCUT2D eigenvalue weighted by Gasteiger charge is 2.19. The molecule has 0 radical (unpaired) electrons. The van der Waals surface area contributed by atoms with Gasteiger partial charge in [-0.3, -0.25) is 4.79 Å². The van der Waals surface area contributed by atoms with Crippen LogP contribution in [-0.2, 0) is 0 Å². The highest BCUT2D eigenvalue weighted by molar-refractivity contribution is 6.31. The van der Waals surface area contributed by atoms with Crippen LogP contribution in [0.4, 0.5) is 5.69 Å². The van der Waals surface area contributed by atoms with Gasteiger partial charge in [-0.25, -0.2) is 9.78 Å². The van der Waals surface area contributed by atoms with E-state index in [0.717, 1.165) is 6.33 Å². The van der Waals surface area contributed by atoms with Crippen molar-refractivity contribution in [3.63, 3.8) is 0 Å². The van der Waals surface area contributed by atoms with Gasteiger partial charge in [0.2, 0.25) is 0 Å². The van der Waals surface area contributed by atoms with Crippen LogP contribution in [0.15, 0.2) is 30.6 Å². The minimum atomic E-state index is -1.25. The van der Waals surface area contributed by atoms with Gasteiger partial charge in [0.25, 0.3) is 5.91 Å². The topological polar surface area (TPSA) is 95.1 Å². The van der Waals surface area contributed by atoms with Crippen LogP contribution in [-0.4, -0.2) is 27.0 Å². The molecule has 0 aliphatic rings. The highest BCUT2D eigenvalue weighted by atomic mass is 35.5. The molecule has 0 saturated carbocycles. The molecule has 92 valence electrons. The van der Waals surface area contributed by atoms with Gasteiger partial charge in [-0.05, 0) is 18.2 Å². The summed E-state index contributed by atoms with van der Waals surface area (Å²) in [4.78, 5) is 28.7. The second-order valence-electron chi connectivity index (χ2n) is 3.40. The van der Waals surface area contributed by atoms with E-state index in [9.17, 15) is 9.59 Å². The number of carboxylic acid groups (broad SMARTS) is 1. The standard InChI is InChI=1S/C11H8ClN3O3/c12-6-2-1-3-7(4-6)15-10(16)8-9(11(17)18)14-5-13-8/h1-5H,(H,13,14)(H,15,16)(H,17,18). The zero-order chi connectivity index (χ0) is 13.1. The molecule has 2 aromatic rings. The van der Waals surface area contributed by atoms with Gasteiger partial charge >= 0.3 is 5.97 Å². The number of rotatable bonds is 3. The maximum absolute atomic E-state index is 11.8. The number of hydrogen-bond acceptors (Lipinski definition) is 3. The number of nitrogens with one attached hydrogen (secondary N) is 2. The van der Waals surface area contributed by atoms with Gasteiger partial charge in [-0.1, -0.05) is 17.7 Å². The van der Waals surface area contributed by atoms with Crippen molar-refractivity contribution < 1.29 is 14.7 Å². The molecule has 7 heteroatoms. The number of nitrogens with zero attached hydrogens (tertiary/aromatic N) is 1. The molecule has 1 amide bonds. The number of aromatic nitrogens is 2. The van der Waals surface area contributed by atoms with E-state index in [0.29, 0.717) is 10.7 Å². The average molecular weight is 266 g/mol. The number of benzene rings is 1. The molecule has 0 aliphatic heterocycles. The largest absolute Gasteiger partial charge is 0.477 e. The summed E-state index contributed by atoms with van der Waals surface area (Å²) in [5.41, 5.74) is 0.0313. The lowest BCUT2D eigenvalue weighted by atomic mass is 10.2. The van der Waals surface area contributed by atoms with Crippen LogP contribution in [0.5, 0.6) is 0 Å². The lowest BCUT2D eigenvalue weighted by Gasteiger charge is -2.04. The van der Waals surface area contributed by atoms with Gasteiger partial charge in [0, 0.05) is 10.7 Å². The van der Waals surface area contributed by atoms with E-state index >= 15 is 0 Å². The van der Waals surface area contributed by atoms with E-state index in [-0.39, 0.29) is 11.4 Å². The van der Waals surface area contributed by atoms with Crippen molar-refractivity contribution in [2.75, 3.05) is 5.32 Å². The Bertz CT molecular complexity index is 609. The van der Waals surface area contributed by atoms with Gasteiger partial charge in [0.15, 0.2) is 11.4 Å². The number of carboxylic acids is 1. The maximum atomic E-state index is 11.8. The molecule has 1 aromatic heterocycles. The minimum absolute atomic E-state index is 0.178. The molecule has 1 heterocycles. The third kappa shape index (κ3) is 2.49. The summed E-state index contributed by atoms with van der Waals surface area (Å²) < 4.78 is 0. The number of imidazole rings is 1. The van der Waals surface area contributed by atoms with Crippen LogP contribution >= 0.6 is 11.6 Å². The van der Waals surface area contributed by atoms with E-state index < -0.39 is 11.9 Å². The predicted molar refractivity (Wildman–Crippen MR) is 65.0 cm³/mol. The fraction of sp³-hybridized carbons (Fsp3) is 0. The Morgan fingerprint density at radius 1 is 1.39 bits per heavy atom. The number of carbonyl (C=O) groups excluding carboxylic acids is 1. The minimum Gasteiger partial charge on any atom is -0.477 e. The molecule has 0 bridgehead atoms. The smallest absolute Gasteiger partial charge is 0.354 e. The Balaban J connectivity index is 2.22. The number of H-pyrrole nitrogens is 1. The van der Waals surface area contributed by atoms with Crippen LogP contribution in [0.3, 0.4) is 0 Å². The van der Waals surface area contributed by atoms with Gasteiger partial charge in [-0.2, -0.15) is 0 Å². The summed E-state index contributed by atoms with van der Waals surface area (Å²) in [7, 11) is 0. The predicted octanol–water partition coefficient (Wildman–Crippen LogP) is 2.01. The second-order valence-corrected chi connectivity index (χ2v) is 3.83. The molecule has 0 atom stereocenters. The molecule has 0 fully saturated rings. The molecule has 0 unspecified atom stereocenters. The molecule has 3 N–H and O–H groups in total. The number of anilines is 1. The zero-order valence-electron chi connectivity index (χ0n) is 8.98. The Hall–Kier alpha value is -2.34. The molecule has 0 aliphatic carbocycles. The summed E-state index contributed by atoms with van der Waals surface area (Å²) in [5, 5.41) is 11.8. The molecule has 6 nitrogen and oxygen atoms in total. The third-order valence-electron chi connectivity index (χ3n) is 2.15. The summed E-state index contributed by atoms with van der Waals surface area (Å²) in [5.74, 6) is -1.86. The van der Waals surface area contributed by atoms with Crippen molar-refractivity contribution in [1.82, 2.24) is 9.97 Å². The van der Waals surface area contributed by atoms with E-state index in [2.05, 4.69) is 15.3 Å². The van der Waals surface area contributed by atoms with E-state index in [1.807, 2.05) is 0 Å². The number of carbonyl (C=O) groups is 2. The lowest BCUT2D eigenvalue weighted by Crippen LogP contribution is -2.16. The number of aromatic carboxylic acids is 1. The fourth-order valence-electron chi connectivity index (χ4n) is 1.39. The Labute approximate surface area is 107 Å². The summed E-state index contributed by atoms with van der Waals surface area (Å²) in [6.45, 7) is 0. The zero-order valence-corrected chi connectivity index (χ0v) is 9.73. The Morgan fingerprint density at radius 2 is 2.17 bits per heavy atom. The molecule has 0 saturated heterocycles. The van der Waals surface area contributed by atoms with Crippen LogP contribution in [0.25, 0.3) is 0 Å². The number of hydrogen-bond donors (Lipinski definition) is 3. The number of halogens is 1. The summed E-state index contributed by atoms with van der Waals surface area (Å²) >= 11 is 5.77. The molecular weight excluding hydrogens is 258 g/mol. The first-order valence-electron chi connectivity index (χ1n) is 4.91. The van der Waals surface area contributed by atoms with Crippen molar-refractivity contribution in [3.8, 4) is 0 Å². The first kappa shape index (κ1) is 12.1. The van der Waals surface area contributed by atoms with Crippen molar-refractivity contribution in [1.29, 1.82) is 0 Å². The molecule has 2 rings (SSSR count). The van der Waals surface area contributed by atoms with Crippen molar-refractivity contribution >= 4 is 29.2 Å².